The first-order valence-corrected chi connectivity index (χ1v) is 7.36. The van der Waals surface area contributed by atoms with Crippen LogP contribution in [0.5, 0.6) is 0 Å². The predicted octanol–water partition coefficient (Wildman–Crippen LogP) is 3.61. The highest BCUT2D eigenvalue weighted by Gasteiger charge is 2.31. The van der Waals surface area contributed by atoms with E-state index in [4.69, 9.17) is 4.74 Å². The summed E-state index contributed by atoms with van der Waals surface area (Å²) < 4.78 is 5.58. The monoisotopic (exact) mass is 241 g/mol. The summed E-state index contributed by atoms with van der Waals surface area (Å²) in [6.07, 6.45) is 6.44. The van der Waals surface area contributed by atoms with Gasteiger partial charge in [-0.15, -0.1) is 0 Å². The van der Waals surface area contributed by atoms with Crippen molar-refractivity contribution in [3.8, 4) is 0 Å². The maximum atomic E-state index is 5.58. The molecule has 0 aromatic rings. The Bertz CT molecular complexity index is 203. The van der Waals surface area contributed by atoms with Crippen molar-refractivity contribution in [3.63, 3.8) is 0 Å². The topological polar surface area (TPSA) is 21.3 Å². The maximum absolute atomic E-state index is 5.58. The molecule has 2 atom stereocenters. The molecule has 1 N–H and O–H groups in total. The van der Waals surface area contributed by atoms with Crippen LogP contribution in [0.3, 0.4) is 0 Å². The Balaban J connectivity index is 2.08. The molecular formula is C15H31NO. The third kappa shape index (κ3) is 5.87. The number of unbranched alkanes of at least 4 members (excludes halogenated alkanes) is 1. The van der Waals surface area contributed by atoms with Crippen LogP contribution in [0.4, 0.5) is 0 Å². The van der Waals surface area contributed by atoms with E-state index in [1.54, 1.807) is 0 Å². The fourth-order valence-corrected chi connectivity index (χ4v) is 2.91. The van der Waals surface area contributed by atoms with Crippen molar-refractivity contribution in [3.05, 3.63) is 0 Å². The molecule has 0 heterocycles. The second kappa shape index (κ2) is 7.38. The average molecular weight is 241 g/mol. The predicted molar refractivity (Wildman–Crippen MR) is 74.3 cm³/mol. The van der Waals surface area contributed by atoms with Crippen LogP contribution in [0.15, 0.2) is 0 Å². The van der Waals surface area contributed by atoms with E-state index in [1.165, 1.54) is 32.1 Å². The summed E-state index contributed by atoms with van der Waals surface area (Å²) in [6.45, 7) is 12.2. The third-order valence-corrected chi connectivity index (χ3v) is 3.99. The van der Waals surface area contributed by atoms with Crippen molar-refractivity contribution in [2.75, 3.05) is 19.8 Å². The van der Waals surface area contributed by atoms with Gasteiger partial charge in [0, 0.05) is 19.2 Å². The van der Waals surface area contributed by atoms with Crippen molar-refractivity contribution >= 4 is 0 Å². The van der Waals surface area contributed by atoms with E-state index in [9.17, 15) is 0 Å². The van der Waals surface area contributed by atoms with Gasteiger partial charge < -0.3 is 10.1 Å². The number of ether oxygens (including phenoxy) is 1. The zero-order chi connectivity index (χ0) is 12.7. The van der Waals surface area contributed by atoms with Gasteiger partial charge in [0.1, 0.15) is 0 Å². The molecule has 0 aromatic heterocycles. The second-order valence-corrected chi connectivity index (χ2v) is 6.41. The second-order valence-electron chi connectivity index (χ2n) is 6.41. The largest absolute Gasteiger partial charge is 0.380 e. The summed E-state index contributed by atoms with van der Waals surface area (Å²) in [5, 5.41) is 3.66. The van der Waals surface area contributed by atoms with Crippen LogP contribution >= 0.6 is 0 Å². The van der Waals surface area contributed by atoms with Crippen LogP contribution in [-0.4, -0.2) is 25.8 Å². The molecule has 0 saturated heterocycles. The van der Waals surface area contributed by atoms with E-state index in [0.29, 0.717) is 11.5 Å². The van der Waals surface area contributed by atoms with Crippen molar-refractivity contribution < 1.29 is 4.74 Å². The fourth-order valence-electron chi connectivity index (χ4n) is 2.91. The molecule has 0 amide bonds. The molecule has 2 unspecified atom stereocenters. The van der Waals surface area contributed by atoms with Gasteiger partial charge in [-0.1, -0.05) is 34.1 Å². The van der Waals surface area contributed by atoms with Gasteiger partial charge in [-0.3, -0.25) is 0 Å². The van der Waals surface area contributed by atoms with Gasteiger partial charge in [0.15, 0.2) is 0 Å². The molecule has 1 aliphatic rings. The molecule has 1 fully saturated rings. The van der Waals surface area contributed by atoms with Gasteiger partial charge in [0.05, 0.1) is 6.61 Å². The molecular weight excluding hydrogens is 210 g/mol. The van der Waals surface area contributed by atoms with Crippen LogP contribution in [0.25, 0.3) is 0 Å². The average Bonchev–Trinajstić information content (AvgIpc) is 2.25. The highest BCUT2D eigenvalue weighted by atomic mass is 16.5. The highest BCUT2D eigenvalue weighted by Crippen LogP contribution is 2.38. The quantitative estimate of drug-likeness (QED) is 0.688. The lowest BCUT2D eigenvalue weighted by Crippen LogP contribution is -2.42. The van der Waals surface area contributed by atoms with Gasteiger partial charge in [0.25, 0.3) is 0 Å². The Labute approximate surface area is 108 Å². The lowest BCUT2D eigenvalue weighted by atomic mass is 9.70. The van der Waals surface area contributed by atoms with Crippen LogP contribution < -0.4 is 5.32 Å². The SMILES string of the molecule is CCCCOCCNC1CCC(C)(C)CC1C. The minimum atomic E-state index is 0.551. The van der Waals surface area contributed by atoms with Crippen molar-refractivity contribution in [2.45, 2.75) is 65.8 Å². The van der Waals surface area contributed by atoms with E-state index in [1.807, 2.05) is 0 Å². The Kier molecular flexibility index (Phi) is 6.50. The Hall–Kier alpha value is -0.0800. The van der Waals surface area contributed by atoms with E-state index in [0.717, 1.165) is 25.7 Å². The molecule has 1 aliphatic carbocycles. The molecule has 1 rings (SSSR count). The minimum Gasteiger partial charge on any atom is -0.380 e. The smallest absolute Gasteiger partial charge is 0.0591 e. The molecule has 0 bridgehead atoms. The van der Waals surface area contributed by atoms with E-state index in [2.05, 4.69) is 33.0 Å². The first-order chi connectivity index (χ1) is 8.05. The normalized spacial score (nSPS) is 28.2. The molecule has 102 valence electrons. The number of hydrogen-bond acceptors (Lipinski definition) is 2. The zero-order valence-corrected chi connectivity index (χ0v) is 12.2. The fraction of sp³-hybridized carbons (Fsp3) is 1.00. The Morgan fingerprint density at radius 3 is 2.71 bits per heavy atom. The van der Waals surface area contributed by atoms with Gasteiger partial charge in [-0.2, -0.15) is 0 Å². The highest BCUT2D eigenvalue weighted by molar-refractivity contribution is 4.86. The van der Waals surface area contributed by atoms with Gasteiger partial charge in [-0.25, -0.2) is 0 Å². The van der Waals surface area contributed by atoms with Crippen LogP contribution in [0.2, 0.25) is 0 Å². The van der Waals surface area contributed by atoms with Crippen molar-refractivity contribution in [2.24, 2.45) is 11.3 Å². The summed E-state index contributed by atoms with van der Waals surface area (Å²) in [5.74, 6) is 0.800. The number of hydrogen-bond donors (Lipinski definition) is 1. The van der Waals surface area contributed by atoms with Crippen LogP contribution in [0.1, 0.15) is 59.8 Å². The zero-order valence-electron chi connectivity index (χ0n) is 12.2. The van der Waals surface area contributed by atoms with E-state index in [-0.39, 0.29) is 0 Å². The summed E-state index contributed by atoms with van der Waals surface area (Å²) in [5.41, 5.74) is 0.551. The standard InChI is InChI=1S/C15H31NO/c1-5-6-10-17-11-9-16-14-7-8-15(3,4)12-13(14)2/h13-14,16H,5-12H2,1-4H3. The summed E-state index contributed by atoms with van der Waals surface area (Å²) >= 11 is 0. The molecule has 0 aromatic carbocycles. The van der Waals surface area contributed by atoms with E-state index >= 15 is 0 Å². The maximum Gasteiger partial charge on any atom is 0.0591 e. The Morgan fingerprint density at radius 2 is 2.06 bits per heavy atom. The first kappa shape index (κ1) is 15.0. The van der Waals surface area contributed by atoms with Crippen LogP contribution in [0, 0.1) is 11.3 Å². The summed E-state index contributed by atoms with van der Waals surface area (Å²) in [4.78, 5) is 0. The molecule has 0 spiro atoms. The molecule has 2 nitrogen and oxygen atoms in total. The lowest BCUT2D eigenvalue weighted by Gasteiger charge is -2.39. The third-order valence-electron chi connectivity index (χ3n) is 3.99. The van der Waals surface area contributed by atoms with Gasteiger partial charge >= 0.3 is 0 Å². The first-order valence-electron chi connectivity index (χ1n) is 7.36. The summed E-state index contributed by atoms with van der Waals surface area (Å²) in [6, 6.07) is 0.706. The number of nitrogens with one attached hydrogen (secondary N) is 1. The molecule has 2 heteroatoms. The molecule has 0 radical (unpaired) electrons. The van der Waals surface area contributed by atoms with E-state index < -0.39 is 0 Å². The van der Waals surface area contributed by atoms with Gasteiger partial charge in [-0.05, 0) is 37.0 Å². The molecule has 0 aliphatic heterocycles. The number of rotatable bonds is 7. The van der Waals surface area contributed by atoms with Gasteiger partial charge in [0.2, 0.25) is 0 Å². The van der Waals surface area contributed by atoms with Crippen LogP contribution in [-0.2, 0) is 4.74 Å². The molecule has 1 saturated carbocycles. The summed E-state index contributed by atoms with van der Waals surface area (Å²) in [7, 11) is 0. The Morgan fingerprint density at radius 1 is 1.29 bits per heavy atom. The van der Waals surface area contributed by atoms with Crippen molar-refractivity contribution in [1.29, 1.82) is 0 Å². The minimum absolute atomic E-state index is 0.551. The molecule has 17 heavy (non-hydrogen) atoms. The van der Waals surface area contributed by atoms with Crippen molar-refractivity contribution in [1.82, 2.24) is 5.32 Å². The lowest BCUT2D eigenvalue weighted by molar-refractivity contribution is 0.113.